The van der Waals surface area contributed by atoms with Gasteiger partial charge in [0.1, 0.15) is 6.26 Å². The van der Waals surface area contributed by atoms with Gasteiger partial charge in [0.05, 0.1) is 17.1 Å². The molecule has 0 bridgehead atoms. The molecule has 0 aliphatic carbocycles. The zero-order valence-electron chi connectivity index (χ0n) is 18.4. The van der Waals surface area contributed by atoms with Crippen molar-refractivity contribution in [2.45, 2.75) is 6.92 Å². The Morgan fingerprint density at radius 3 is 1.44 bits per heavy atom. The quantitative estimate of drug-likeness (QED) is 0.234. The van der Waals surface area contributed by atoms with Crippen LogP contribution in [0.25, 0.3) is 11.4 Å². The van der Waals surface area contributed by atoms with Gasteiger partial charge in [-0.15, -0.1) is 10.2 Å². The van der Waals surface area contributed by atoms with Crippen LogP contribution in [0.1, 0.15) is 6.92 Å². The van der Waals surface area contributed by atoms with Crippen LogP contribution in [0.15, 0.2) is 91.1 Å². The first-order valence-electron chi connectivity index (χ1n) is 8.83. The predicted octanol–water partition coefficient (Wildman–Crippen LogP) is -0.347. The third kappa shape index (κ3) is 18.1. The summed E-state index contributed by atoms with van der Waals surface area (Å²) in [4.78, 5) is 10.2. The Morgan fingerprint density at radius 1 is 0.750 bits per heavy atom. The molecule has 0 fully saturated rings. The Kier molecular flexibility index (Phi) is 24.3. The minimum absolute atomic E-state index is 0. The number of aromatic nitrogens is 2. The van der Waals surface area contributed by atoms with Gasteiger partial charge in [-0.25, -0.2) is 18.6 Å². The Labute approximate surface area is 221 Å². The molecule has 187 valence electrons. The van der Waals surface area contributed by atoms with Crippen molar-refractivity contribution >= 4 is 5.69 Å². The summed E-state index contributed by atoms with van der Waals surface area (Å²) in [7, 11) is -4.94. The van der Waals surface area contributed by atoms with E-state index in [9.17, 15) is 0 Å². The predicted molar refractivity (Wildman–Crippen MR) is 106 cm³/mol. The Morgan fingerprint density at radius 2 is 1.14 bits per heavy atom. The summed E-state index contributed by atoms with van der Waals surface area (Å²) in [6, 6.07) is 21.6. The number of ether oxygens (including phenoxy) is 1. The topological polar surface area (TPSA) is 190 Å². The molecule has 1 aliphatic heterocycles. The fraction of sp³-hybridized carbons (Fsp3) is 0.0435. The molecule has 0 unspecified atom stereocenters. The van der Waals surface area contributed by atoms with Gasteiger partial charge in [-0.05, 0) is 43.3 Å². The summed E-state index contributed by atoms with van der Waals surface area (Å²) < 4.78 is 61.4. The molecule has 0 atom stereocenters. The van der Waals surface area contributed by atoms with Crippen molar-refractivity contribution in [3.8, 4) is 11.4 Å². The number of pyridine rings is 2. The van der Waals surface area contributed by atoms with E-state index in [2.05, 4.69) is 36.6 Å². The molecular weight excluding hydrogens is 537 g/mol. The van der Waals surface area contributed by atoms with E-state index in [1.165, 1.54) is 0 Å². The van der Waals surface area contributed by atoms with Crippen LogP contribution in [0.4, 0.5) is 5.69 Å². The maximum absolute atomic E-state index is 8.49. The SMILES string of the molecule is CC1=CO[C]N1c1ccccc1.[C-]#[O+].[C-]#[O+].[C-]#[O+].[Mn].[O-][Cl+3]([O-])([O-])[O-].c1ccc(-c2ccccn2)nc1. The molecule has 3 aromatic rings. The fourth-order valence-corrected chi connectivity index (χ4v) is 2.15. The maximum atomic E-state index is 8.49. The third-order valence-corrected chi connectivity index (χ3v) is 3.33. The first-order chi connectivity index (χ1) is 16.8. The number of hydrogen-bond donors (Lipinski definition) is 0. The molecule has 4 rings (SSSR count). The van der Waals surface area contributed by atoms with Crippen molar-refractivity contribution in [2.24, 2.45) is 0 Å². The number of allylic oxidation sites excluding steroid dienone is 1. The van der Waals surface area contributed by atoms with Crippen molar-refractivity contribution in [1.29, 1.82) is 0 Å². The van der Waals surface area contributed by atoms with Gasteiger partial charge in [-0.1, -0.05) is 30.3 Å². The Bertz CT molecular complexity index is 958. The zero-order valence-corrected chi connectivity index (χ0v) is 20.4. The molecule has 3 radical (unpaired) electrons. The van der Waals surface area contributed by atoms with Gasteiger partial charge in [0.2, 0.25) is 0 Å². The van der Waals surface area contributed by atoms with E-state index in [0.29, 0.717) is 0 Å². The molecule has 3 heterocycles. The van der Waals surface area contributed by atoms with Crippen LogP contribution in [-0.4, -0.2) is 9.97 Å². The second-order valence-corrected chi connectivity index (χ2v) is 6.20. The van der Waals surface area contributed by atoms with Crippen LogP contribution >= 0.6 is 0 Å². The molecule has 0 saturated heterocycles. The molecule has 0 spiro atoms. The van der Waals surface area contributed by atoms with Crippen LogP contribution in [0.3, 0.4) is 0 Å². The molecule has 36 heavy (non-hydrogen) atoms. The molecule has 0 N–H and O–H groups in total. The fourth-order valence-electron chi connectivity index (χ4n) is 2.15. The number of anilines is 1. The molecule has 0 amide bonds. The number of rotatable bonds is 2. The largest absolute Gasteiger partial charge is 0.255 e. The summed E-state index contributed by atoms with van der Waals surface area (Å²) in [6.07, 6.45) is 5.21. The molecule has 13 heteroatoms. The third-order valence-electron chi connectivity index (χ3n) is 3.33. The van der Waals surface area contributed by atoms with Crippen molar-refractivity contribution < 1.29 is 64.6 Å². The summed E-state index contributed by atoms with van der Waals surface area (Å²) in [5, 5.41) is 0. The van der Waals surface area contributed by atoms with E-state index < -0.39 is 10.2 Å². The van der Waals surface area contributed by atoms with Gasteiger partial charge in [0.15, 0.2) is 0 Å². The molecule has 1 aliphatic rings. The summed E-state index contributed by atoms with van der Waals surface area (Å²) in [6.45, 7) is 18.2. The number of nitrogens with zero attached hydrogens (tertiary/aromatic N) is 3. The number of halogens is 1. The van der Waals surface area contributed by atoms with Crippen LogP contribution < -0.4 is 23.5 Å². The van der Waals surface area contributed by atoms with Crippen LogP contribution in [0.5, 0.6) is 0 Å². The van der Waals surface area contributed by atoms with E-state index in [4.69, 9.17) is 37.3 Å². The van der Waals surface area contributed by atoms with Gasteiger partial charge in [-0.3, -0.25) is 14.9 Å². The Hall–Kier alpha value is -3.27. The number of hydrogen-bond acceptors (Lipinski definition) is 8. The second-order valence-electron chi connectivity index (χ2n) is 5.45. The van der Waals surface area contributed by atoms with Crippen molar-refractivity contribution in [1.82, 2.24) is 9.97 Å². The van der Waals surface area contributed by atoms with Crippen molar-refractivity contribution in [3.05, 3.63) is 118 Å². The molecule has 11 nitrogen and oxygen atoms in total. The summed E-state index contributed by atoms with van der Waals surface area (Å²) in [5.41, 5.74) is 3.95. The van der Waals surface area contributed by atoms with Gasteiger partial charge in [-0.2, -0.15) is 0 Å². The Balaban J connectivity index is -0.000000429. The van der Waals surface area contributed by atoms with E-state index in [1.54, 1.807) is 18.7 Å². The molecule has 0 saturated carbocycles. The number of para-hydroxylation sites is 1. The maximum Gasteiger partial charge on any atom is 0.0886 e. The van der Waals surface area contributed by atoms with Crippen LogP contribution in [-0.2, 0) is 35.8 Å². The van der Waals surface area contributed by atoms with Gasteiger partial charge >= 0.3 is 40.6 Å². The van der Waals surface area contributed by atoms with Gasteiger partial charge < -0.3 is 4.74 Å². The second kappa shape index (κ2) is 23.5. The monoisotopic (exact) mass is 553 g/mol. The minimum atomic E-state index is -4.94. The normalized spacial score (nSPS) is 10.3. The first kappa shape index (κ1) is 37.3. The van der Waals surface area contributed by atoms with Gasteiger partial charge in [0.25, 0.3) is 0 Å². The number of benzene rings is 1. The minimum Gasteiger partial charge on any atom is -0.255 e. The van der Waals surface area contributed by atoms with Crippen LogP contribution in [0.2, 0.25) is 0 Å². The molecular formula is C23H17ClMnN3O8-. The van der Waals surface area contributed by atoms with E-state index in [-0.39, 0.29) is 17.1 Å². The first-order valence-corrected chi connectivity index (χ1v) is 10.1. The smallest absolute Gasteiger partial charge is 0.0886 e. The summed E-state index contributed by atoms with van der Waals surface area (Å²) >= 11 is 0. The van der Waals surface area contributed by atoms with Crippen LogP contribution in [0, 0.1) is 36.9 Å². The van der Waals surface area contributed by atoms with Crippen molar-refractivity contribution in [3.63, 3.8) is 0 Å². The zero-order chi connectivity index (χ0) is 27.1. The van der Waals surface area contributed by atoms with E-state index in [0.717, 1.165) is 22.8 Å². The van der Waals surface area contributed by atoms with Gasteiger partial charge in [0, 0.05) is 35.1 Å². The van der Waals surface area contributed by atoms with E-state index in [1.807, 2.05) is 78.6 Å². The molecule has 2 aromatic heterocycles. The average molecular weight is 554 g/mol. The van der Waals surface area contributed by atoms with Crippen molar-refractivity contribution in [2.75, 3.05) is 4.90 Å². The summed E-state index contributed by atoms with van der Waals surface area (Å²) in [5.74, 6) is 0. The standard InChI is InChI=1S/C10H8N2.C10H9NO.3CO.ClHO4.Mn/c1-3-7-11-9(5-1)10-6-2-4-8-12-10;1-9-7-12-8-11(9)10-5-3-2-4-6-10;3*1-2;2-1(3,4)5;/h1-8H;2-7H,1H3;;;;(H,2,3,4,5);/p-1. The average Bonchev–Trinajstić information content (AvgIpc) is 3.34. The molecule has 1 aromatic carbocycles. The van der Waals surface area contributed by atoms with E-state index >= 15 is 0 Å².